The Labute approximate surface area is 123 Å². The number of nitro groups is 1. The number of hydrogen-bond acceptors (Lipinski definition) is 5. The monoisotopic (exact) mass is 308 g/mol. The summed E-state index contributed by atoms with van der Waals surface area (Å²) in [7, 11) is 0. The Bertz CT molecular complexity index is 732. The van der Waals surface area contributed by atoms with E-state index in [0.717, 1.165) is 12.1 Å². The van der Waals surface area contributed by atoms with Gasteiger partial charge in [0.05, 0.1) is 27.3 Å². The molecule has 8 heteroatoms. The number of carbonyl (C=O) groups excluding carboxylic acids is 1. The molecule has 2 aromatic rings. The van der Waals surface area contributed by atoms with E-state index < -0.39 is 16.6 Å². The van der Waals surface area contributed by atoms with E-state index in [-0.39, 0.29) is 27.7 Å². The highest BCUT2D eigenvalue weighted by Gasteiger charge is 2.15. The molecule has 0 bridgehead atoms. The third-order valence-electron chi connectivity index (χ3n) is 2.63. The first kappa shape index (κ1) is 14.6. The third kappa shape index (κ3) is 3.21. The van der Waals surface area contributed by atoms with Crippen molar-refractivity contribution in [2.45, 2.75) is 0 Å². The fourth-order valence-electron chi connectivity index (χ4n) is 1.62. The van der Waals surface area contributed by atoms with E-state index in [2.05, 4.69) is 5.32 Å². The number of amides is 1. The lowest BCUT2D eigenvalue weighted by Crippen LogP contribution is -2.12. The number of aromatic hydroxyl groups is 2. The van der Waals surface area contributed by atoms with Gasteiger partial charge in [0.2, 0.25) is 0 Å². The summed E-state index contributed by atoms with van der Waals surface area (Å²) in [5.74, 6) is -1.26. The van der Waals surface area contributed by atoms with Gasteiger partial charge in [-0.3, -0.25) is 14.9 Å². The lowest BCUT2D eigenvalue weighted by Gasteiger charge is -2.08. The average molecular weight is 309 g/mol. The molecule has 0 atom stereocenters. The molecule has 1 amide bonds. The summed E-state index contributed by atoms with van der Waals surface area (Å²) in [4.78, 5) is 21.9. The maximum Gasteiger partial charge on any atom is 0.273 e. The molecule has 0 aliphatic heterocycles. The quantitative estimate of drug-likeness (QED) is 0.458. The number of halogens is 1. The number of nitro benzene ring substituents is 1. The van der Waals surface area contributed by atoms with E-state index in [9.17, 15) is 25.1 Å². The minimum absolute atomic E-state index is 0.00872. The lowest BCUT2D eigenvalue weighted by molar-refractivity contribution is -0.384. The summed E-state index contributed by atoms with van der Waals surface area (Å²) in [6.45, 7) is 0. The Hall–Kier alpha value is -2.80. The van der Waals surface area contributed by atoms with Crippen LogP contribution in [0.15, 0.2) is 36.4 Å². The minimum Gasteiger partial charge on any atom is -0.508 e. The predicted molar refractivity (Wildman–Crippen MR) is 75.8 cm³/mol. The van der Waals surface area contributed by atoms with Crippen LogP contribution in [0.3, 0.4) is 0 Å². The van der Waals surface area contributed by atoms with Gasteiger partial charge in [0, 0.05) is 6.07 Å². The number of phenolic OH excluding ortho intramolecular Hbond substituents is 2. The number of nitrogens with zero attached hydrogens (tertiary/aromatic N) is 1. The number of carbonyl (C=O) groups is 1. The molecule has 0 fully saturated rings. The van der Waals surface area contributed by atoms with E-state index >= 15 is 0 Å². The van der Waals surface area contributed by atoms with Crippen LogP contribution in [0, 0.1) is 10.1 Å². The topological polar surface area (TPSA) is 113 Å². The Morgan fingerprint density at radius 3 is 2.52 bits per heavy atom. The van der Waals surface area contributed by atoms with Crippen LogP contribution in [0.25, 0.3) is 0 Å². The SMILES string of the molecule is O=C(Nc1ccc([N+](=O)[O-])cc1O)c1cc(O)ccc1Cl. The van der Waals surface area contributed by atoms with Gasteiger partial charge in [-0.25, -0.2) is 0 Å². The molecule has 0 heterocycles. The smallest absolute Gasteiger partial charge is 0.273 e. The van der Waals surface area contributed by atoms with Crippen molar-refractivity contribution in [2.24, 2.45) is 0 Å². The second-order valence-corrected chi connectivity index (χ2v) is 4.48. The summed E-state index contributed by atoms with van der Waals surface area (Å²) in [6.07, 6.45) is 0. The van der Waals surface area contributed by atoms with Gasteiger partial charge in [-0.15, -0.1) is 0 Å². The number of hydrogen-bond donors (Lipinski definition) is 3. The van der Waals surface area contributed by atoms with Gasteiger partial charge in [0.15, 0.2) is 0 Å². The molecule has 0 saturated heterocycles. The molecule has 3 N–H and O–H groups in total. The molecule has 0 spiro atoms. The van der Waals surface area contributed by atoms with Gasteiger partial charge in [0.1, 0.15) is 11.5 Å². The van der Waals surface area contributed by atoms with E-state index in [1.54, 1.807) is 0 Å². The number of nitrogens with one attached hydrogen (secondary N) is 1. The first-order chi connectivity index (χ1) is 9.88. The van der Waals surface area contributed by atoms with Crippen LogP contribution >= 0.6 is 11.6 Å². The highest BCUT2D eigenvalue weighted by molar-refractivity contribution is 6.34. The summed E-state index contributed by atoms with van der Waals surface area (Å²) in [6, 6.07) is 7.09. The van der Waals surface area contributed by atoms with Crippen LogP contribution in [-0.2, 0) is 0 Å². The van der Waals surface area contributed by atoms with Crippen LogP contribution in [0.2, 0.25) is 5.02 Å². The molecule has 0 aliphatic carbocycles. The van der Waals surface area contributed by atoms with Crippen molar-refractivity contribution >= 4 is 28.9 Å². The second-order valence-electron chi connectivity index (χ2n) is 4.08. The average Bonchev–Trinajstić information content (AvgIpc) is 2.43. The molecule has 0 radical (unpaired) electrons. The van der Waals surface area contributed by atoms with E-state index in [1.807, 2.05) is 0 Å². The molecule has 2 rings (SSSR count). The van der Waals surface area contributed by atoms with Gasteiger partial charge in [0.25, 0.3) is 11.6 Å². The summed E-state index contributed by atoms with van der Waals surface area (Å²) in [5.41, 5.74) is -0.305. The molecule has 0 aliphatic rings. The lowest BCUT2D eigenvalue weighted by atomic mass is 10.2. The Morgan fingerprint density at radius 2 is 1.90 bits per heavy atom. The van der Waals surface area contributed by atoms with E-state index in [0.29, 0.717) is 0 Å². The molecule has 2 aromatic carbocycles. The van der Waals surface area contributed by atoms with Crippen LogP contribution in [0.4, 0.5) is 11.4 Å². The summed E-state index contributed by atoms with van der Waals surface area (Å²) in [5, 5.41) is 32.0. The largest absolute Gasteiger partial charge is 0.508 e. The van der Waals surface area contributed by atoms with Crippen molar-refractivity contribution in [3.63, 3.8) is 0 Å². The molecule has 0 saturated carbocycles. The van der Waals surface area contributed by atoms with Gasteiger partial charge in [-0.2, -0.15) is 0 Å². The fraction of sp³-hybridized carbons (Fsp3) is 0. The molecule has 108 valence electrons. The molecular weight excluding hydrogens is 300 g/mol. The Morgan fingerprint density at radius 1 is 1.19 bits per heavy atom. The zero-order chi connectivity index (χ0) is 15.6. The maximum atomic E-state index is 12.0. The van der Waals surface area contributed by atoms with Crippen LogP contribution in [0.5, 0.6) is 11.5 Å². The summed E-state index contributed by atoms with van der Waals surface area (Å²) >= 11 is 5.84. The second kappa shape index (κ2) is 5.68. The number of benzene rings is 2. The highest BCUT2D eigenvalue weighted by Crippen LogP contribution is 2.29. The minimum atomic E-state index is -0.669. The van der Waals surface area contributed by atoms with Crippen molar-refractivity contribution < 1.29 is 19.9 Å². The molecule has 0 aromatic heterocycles. The van der Waals surface area contributed by atoms with Crippen molar-refractivity contribution in [1.29, 1.82) is 0 Å². The molecular formula is C13H9ClN2O5. The first-order valence-electron chi connectivity index (χ1n) is 5.66. The van der Waals surface area contributed by atoms with Gasteiger partial charge >= 0.3 is 0 Å². The van der Waals surface area contributed by atoms with E-state index in [1.165, 1.54) is 24.3 Å². The van der Waals surface area contributed by atoms with Gasteiger partial charge in [-0.05, 0) is 24.3 Å². The third-order valence-corrected chi connectivity index (χ3v) is 2.96. The van der Waals surface area contributed by atoms with Crippen LogP contribution in [-0.4, -0.2) is 21.0 Å². The standard InChI is InChI=1S/C13H9ClN2O5/c14-10-3-2-8(17)6-9(10)13(19)15-11-4-1-7(16(20)21)5-12(11)18/h1-6,17-18H,(H,15,19). The number of rotatable bonds is 3. The van der Waals surface area contributed by atoms with Crippen molar-refractivity contribution in [3.05, 3.63) is 57.1 Å². The van der Waals surface area contributed by atoms with Gasteiger partial charge in [-0.1, -0.05) is 11.6 Å². The van der Waals surface area contributed by atoms with Crippen LogP contribution in [0.1, 0.15) is 10.4 Å². The molecule has 21 heavy (non-hydrogen) atoms. The summed E-state index contributed by atoms with van der Waals surface area (Å²) < 4.78 is 0. The van der Waals surface area contributed by atoms with Crippen molar-refractivity contribution in [3.8, 4) is 11.5 Å². The predicted octanol–water partition coefficient (Wildman–Crippen LogP) is 2.91. The highest BCUT2D eigenvalue weighted by atomic mass is 35.5. The number of non-ortho nitro benzene ring substituents is 1. The van der Waals surface area contributed by atoms with Gasteiger partial charge < -0.3 is 15.5 Å². The number of phenols is 2. The zero-order valence-electron chi connectivity index (χ0n) is 10.4. The fourth-order valence-corrected chi connectivity index (χ4v) is 1.82. The normalized spacial score (nSPS) is 10.1. The molecule has 7 nitrogen and oxygen atoms in total. The molecule has 0 unspecified atom stereocenters. The van der Waals surface area contributed by atoms with Crippen molar-refractivity contribution in [2.75, 3.05) is 5.32 Å². The Kier molecular flexibility index (Phi) is 3.95. The van der Waals surface area contributed by atoms with Crippen LogP contribution < -0.4 is 5.32 Å². The first-order valence-corrected chi connectivity index (χ1v) is 6.03. The van der Waals surface area contributed by atoms with E-state index in [4.69, 9.17) is 11.6 Å². The zero-order valence-corrected chi connectivity index (χ0v) is 11.2. The van der Waals surface area contributed by atoms with Crippen molar-refractivity contribution in [1.82, 2.24) is 0 Å². The number of anilines is 1. The maximum absolute atomic E-state index is 12.0. The Balaban J connectivity index is 2.27.